The van der Waals surface area contributed by atoms with Crippen LogP contribution < -0.4 is 9.64 Å². The van der Waals surface area contributed by atoms with Crippen molar-refractivity contribution in [2.24, 2.45) is 0 Å². The third kappa shape index (κ3) is 4.17. The molecular weight excluding hydrogens is 270 g/mol. The number of aryl methyl sites for hydroxylation is 1. The van der Waals surface area contributed by atoms with Gasteiger partial charge in [0, 0.05) is 25.6 Å². The first-order chi connectivity index (χ1) is 10.1. The largest absolute Gasteiger partial charge is 0.497 e. The highest BCUT2D eigenvalue weighted by Gasteiger charge is 2.01. The molecule has 0 N–H and O–H groups in total. The van der Waals surface area contributed by atoms with Gasteiger partial charge in [-0.15, -0.1) is 0 Å². The molecule has 0 amide bonds. The van der Waals surface area contributed by atoms with Gasteiger partial charge >= 0.3 is 0 Å². The Kier molecular flexibility index (Phi) is 4.80. The summed E-state index contributed by atoms with van der Waals surface area (Å²) < 4.78 is 13.4. The molecule has 0 radical (unpaired) electrons. The van der Waals surface area contributed by atoms with E-state index in [9.17, 15) is 0 Å². The third-order valence-corrected chi connectivity index (χ3v) is 3.48. The second-order valence-electron chi connectivity index (χ2n) is 4.66. The fourth-order valence-corrected chi connectivity index (χ4v) is 2.12. The van der Waals surface area contributed by atoms with E-state index >= 15 is 0 Å². The number of anilines is 1. The lowest BCUT2D eigenvalue weighted by molar-refractivity contribution is 0.414. The Hall–Kier alpha value is -1.67. The molecule has 1 unspecified atom stereocenters. The zero-order chi connectivity index (χ0) is 15.2. The van der Waals surface area contributed by atoms with Gasteiger partial charge < -0.3 is 9.64 Å². The molecule has 106 valence electrons. The maximum atomic E-state index is 8.27. The summed E-state index contributed by atoms with van der Waals surface area (Å²) in [6, 6.07) is 15.6. The molecule has 0 saturated heterocycles. The van der Waals surface area contributed by atoms with Crippen LogP contribution in [0.3, 0.4) is 0 Å². The van der Waals surface area contributed by atoms with Gasteiger partial charge in [0.1, 0.15) is 5.75 Å². The topological polar surface area (TPSA) is 12.5 Å². The van der Waals surface area contributed by atoms with E-state index in [-0.39, 0.29) is 6.52 Å². The van der Waals surface area contributed by atoms with E-state index in [1.807, 2.05) is 60.5 Å². The summed E-state index contributed by atoms with van der Waals surface area (Å²) in [5.41, 5.74) is 2.23. The van der Waals surface area contributed by atoms with E-state index in [4.69, 9.17) is 17.7 Å². The van der Waals surface area contributed by atoms with Crippen molar-refractivity contribution in [3.8, 4) is 5.75 Å². The summed E-state index contributed by atoms with van der Waals surface area (Å²) in [4.78, 5) is 1.96. The Balaban J connectivity index is 1.91. The Morgan fingerprint density at radius 3 is 2.35 bits per heavy atom. The number of halogens is 1. The molecule has 3 heteroatoms. The predicted molar refractivity (Wildman–Crippen MR) is 86.0 cm³/mol. The molecule has 1 atom stereocenters. The number of nitrogens with zero attached hydrogens (tertiary/aromatic N) is 1. The van der Waals surface area contributed by atoms with Crippen LogP contribution in [0.2, 0.25) is 5.02 Å². The highest BCUT2D eigenvalue weighted by atomic mass is 35.5. The van der Waals surface area contributed by atoms with Gasteiger partial charge in [0.05, 0.1) is 7.11 Å². The monoisotopic (exact) mass is 290 g/mol. The van der Waals surface area contributed by atoms with Crippen LogP contribution in [-0.4, -0.2) is 20.7 Å². The number of rotatable bonds is 6. The molecule has 2 nitrogen and oxygen atoms in total. The van der Waals surface area contributed by atoms with E-state index < -0.39 is 0 Å². The van der Waals surface area contributed by atoms with Gasteiger partial charge in [0.25, 0.3) is 0 Å². The van der Waals surface area contributed by atoms with Crippen LogP contribution in [0.4, 0.5) is 5.69 Å². The molecule has 0 bridgehead atoms. The first-order valence-electron chi connectivity index (χ1n) is 7.21. The summed E-state index contributed by atoms with van der Waals surface area (Å²) in [6.45, 7) is -0.284. The summed E-state index contributed by atoms with van der Waals surface area (Å²) in [5.74, 6) is 0.861. The molecule has 0 spiro atoms. The van der Waals surface area contributed by atoms with Crippen LogP contribution in [0.25, 0.3) is 0 Å². The summed E-state index contributed by atoms with van der Waals surface area (Å²) in [6.07, 6.45) is 1.64. The Labute approximate surface area is 127 Å². The van der Waals surface area contributed by atoms with Crippen molar-refractivity contribution in [2.45, 2.75) is 12.8 Å². The molecule has 2 aromatic carbocycles. The van der Waals surface area contributed by atoms with E-state index in [1.165, 1.54) is 5.56 Å². The molecule has 0 aliphatic rings. The molecule has 0 aromatic heterocycles. The van der Waals surface area contributed by atoms with Gasteiger partial charge in [0.15, 0.2) is 0 Å². The summed E-state index contributed by atoms with van der Waals surface area (Å²) in [5, 5.41) is 0.715. The standard InChI is InChI=1S/C17H20ClNO/c1-19(16-9-7-15(18)8-10-16)13-3-4-14-5-11-17(20-2)12-6-14/h5-12H,3-4,13H2,1-2H3/i13D. The smallest absolute Gasteiger partial charge is 0.118 e. The first kappa shape index (κ1) is 13.3. The van der Waals surface area contributed by atoms with Crippen LogP contribution in [0.15, 0.2) is 48.5 Å². The molecule has 2 aromatic rings. The fraction of sp³-hybridized carbons (Fsp3) is 0.294. The second-order valence-corrected chi connectivity index (χ2v) is 5.09. The second kappa shape index (κ2) is 7.20. The van der Waals surface area contributed by atoms with Gasteiger partial charge in [-0.1, -0.05) is 23.7 Å². The van der Waals surface area contributed by atoms with Crippen molar-refractivity contribution in [3.05, 3.63) is 59.1 Å². The Bertz CT molecular complexity index is 556. The molecule has 0 fully saturated rings. The lowest BCUT2D eigenvalue weighted by atomic mass is 10.1. The van der Waals surface area contributed by atoms with Gasteiger partial charge in [-0.3, -0.25) is 0 Å². The normalized spacial score (nSPS) is 12.7. The number of hydrogen-bond acceptors (Lipinski definition) is 2. The molecule has 20 heavy (non-hydrogen) atoms. The predicted octanol–water partition coefficient (Wildman–Crippen LogP) is 4.42. The lowest BCUT2D eigenvalue weighted by Crippen LogP contribution is -2.18. The third-order valence-electron chi connectivity index (χ3n) is 3.23. The van der Waals surface area contributed by atoms with Gasteiger partial charge in [-0.05, 0) is 54.8 Å². The maximum absolute atomic E-state index is 8.27. The zero-order valence-electron chi connectivity index (χ0n) is 12.8. The minimum Gasteiger partial charge on any atom is -0.497 e. The van der Waals surface area contributed by atoms with Gasteiger partial charge in [0.2, 0.25) is 0 Å². The van der Waals surface area contributed by atoms with Crippen LogP contribution in [0, 0.1) is 0 Å². The van der Waals surface area contributed by atoms with Crippen LogP contribution in [0.5, 0.6) is 5.75 Å². The summed E-state index contributed by atoms with van der Waals surface area (Å²) >= 11 is 5.89. The van der Waals surface area contributed by atoms with Crippen molar-refractivity contribution in [1.82, 2.24) is 0 Å². The molecule has 0 heterocycles. The highest BCUT2D eigenvalue weighted by Crippen LogP contribution is 2.17. The van der Waals surface area contributed by atoms with Crippen molar-refractivity contribution in [2.75, 3.05) is 25.6 Å². The van der Waals surface area contributed by atoms with Crippen LogP contribution in [-0.2, 0) is 6.42 Å². The Morgan fingerprint density at radius 1 is 1.10 bits per heavy atom. The number of benzene rings is 2. The number of hydrogen-bond donors (Lipinski definition) is 0. The molecule has 0 aliphatic heterocycles. The lowest BCUT2D eigenvalue weighted by Gasteiger charge is -2.19. The first-order valence-corrected chi connectivity index (χ1v) is 7.01. The highest BCUT2D eigenvalue weighted by molar-refractivity contribution is 6.30. The average Bonchev–Trinajstić information content (AvgIpc) is 2.53. The zero-order valence-corrected chi connectivity index (χ0v) is 12.6. The SMILES string of the molecule is [2H]C(CCc1ccc(OC)cc1)N(C)c1ccc(Cl)cc1. The molecular formula is C17H20ClNO. The molecule has 2 rings (SSSR count). The Morgan fingerprint density at radius 2 is 1.75 bits per heavy atom. The maximum Gasteiger partial charge on any atom is 0.118 e. The van der Waals surface area contributed by atoms with Crippen LogP contribution in [0.1, 0.15) is 13.4 Å². The van der Waals surface area contributed by atoms with Crippen molar-refractivity contribution >= 4 is 17.3 Å². The summed E-state index contributed by atoms with van der Waals surface area (Å²) in [7, 11) is 3.60. The molecule has 0 saturated carbocycles. The number of ether oxygens (including phenoxy) is 1. The average molecular weight is 291 g/mol. The van der Waals surface area contributed by atoms with Crippen LogP contribution >= 0.6 is 11.6 Å². The van der Waals surface area contributed by atoms with E-state index in [2.05, 4.69) is 0 Å². The van der Waals surface area contributed by atoms with E-state index in [1.54, 1.807) is 7.11 Å². The van der Waals surface area contributed by atoms with Crippen molar-refractivity contribution in [1.29, 1.82) is 0 Å². The van der Waals surface area contributed by atoms with E-state index in [0.717, 1.165) is 24.3 Å². The minimum atomic E-state index is -0.284. The van der Waals surface area contributed by atoms with Gasteiger partial charge in [-0.25, -0.2) is 0 Å². The minimum absolute atomic E-state index is 0.284. The van der Waals surface area contributed by atoms with Crippen molar-refractivity contribution < 1.29 is 6.11 Å². The molecule has 0 aliphatic carbocycles. The fourth-order valence-electron chi connectivity index (χ4n) is 2.00. The van der Waals surface area contributed by atoms with Crippen molar-refractivity contribution in [3.63, 3.8) is 0 Å². The quantitative estimate of drug-likeness (QED) is 0.781. The number of methoxy groups -OCH3 is 1. The van der Waals surface area contributed by atoms with E-state index in [0.29, 0.717) is 5.02 Å². The van der Waals surface area contributed by atoms with Gasteiger partial charge in [-0.2, -0.15) is 0 Å².